The van der Waals surface area contributed by atoms with Crippen LogP contribution in [0.4, 0.5) is 11.6 Å². The van der Waals surface area contributed by atoms with Crippen molar-refractivity contribution in [3.63, 3.8) is 0 Å². The van der Waals surface area contributed by atoms with Gasteiger partial charge in [-0.3, -0.25) is 0 Å². The number of nitrogens with zero attached hydrogens (tertiary/aromatic N) is 3. The summed E-state index contributed by atoms with van der Waals surface area (Å²) in [5.41, 5.74) is 0. The van der Waals surface area contributed by atoms with Crippen molar-refractivity contribution in [3.8, 4) is 0 Å². The molecular formula is C12H20N4O. The van der Waals surface area contributed by atoms with Gasteiger partial charge in [-0.15, -0.1) is 0 Å². The zero-order valence-electron chi connectivity index (χ0n) is 10.9. The fourth-order valence-electron chi connectivity index (χ4n) is 2.21. The van der Waals surface area contributed by atoms with Crippen LogP contribution in [0.2, 0.25) is 0 Å². The summed E-state index contributed by atoms with van der Waals surface area (Å²) >= 11 is 0. The lowest BCUT2D eigenvalue weighted by molar-refractivity contribution is -0.00547. The quantitative estimate of drug-likeness (QED) is 0.842. The number of hydrogen-bond donors (Lipinski definition) is 1. The first-order valence-corrected chi connectivity index (χ1v) is 6.02. The number of rotatable bonds is 2. The zero-order valence-corrected chi connectivity index (χ0v) is 10.9. The molecule has 1 N–H and O–H groups in total. The molecule has 0 saturated carbocycles. The Morgan fingerprint density at radius 3 is 2.53 bits per heavy atom. The maximum atomic E-state index is 5.72. The number of ether oxygens (including phenoxy) is 1. The highest BCUT2D eigenvalue weighted by molar-refractivity contribution is 5.49. The van der Waals surface area contributed by atoms with Crippen LogP contribution in [-0.4, -0.2) is 42.3 Å². The van der Waals surface area contributed by atoms with E-state index in [9.17, 15) is 0 Å². The van der Waals surface area contributed by atoms with Gasteiger partial charge in [0.1, 0.15) is 17.5 Å². The van der Waals surface area contributed by atoms with Crippen LogP contribution in [0.25, 0.3) is 0 Å². The Morgan fingerprint density at radius 1 is 1.29 bits per heavy atom. The lowest BCUT2D eigenvalue weighted by atomic mass is 10.2. The van der Waals surface area contributed by atoms with Gasteiger partial charge < -0.3 is 15.0 Å². The first-order valence-electron chi connectivity index (χ1n) is 6.02. The highest BCUT2D eigenvalue weighted by atomic mass is 16.5. The van der Waals surface area contributed by atoms with E-state index in [-0.39, 0.29) is 12.2 Å². The molecule has 0 unspecified atom stereocenters. The molecule has 17 heavy (non-hydrogen) atoms. The van der Waals surface area contributed by atoms with Gasteiger partial charge in [0.05, 0.1) is 12.2 Å². The average Bonchev–Trinajstić information content (AvgIpc) is 2.26. The Morgan fingerprint density at radius 2 is 1.94 bits per heavy atom. The second-order valence-corrected chi connectivity index (χ2v) is 4.57. The molecule has 1 aromatic rings. The number of hydrogen-bond acceptors (Lipinski definition) is 5. The molecule has 1 aromatic heterocycles. The number of aromatic nitrogens is 2. The van der Waals surface area contributed by atoms with E-state index >= 15 is 0 Å². The largest absolute Gasteiger partial charge is 0.373 e. The molecule has 1 aliphatic heterocycles. The lowest BCUT2D eigenvalue weighted by Crippen LogP contribution is -2.45. The van der Waals surface area contributed by atoms with Gasteiger partial charge in [0.25, 0.3) is 0 Å². The summed E-state index contributed by atoms with van der Waals surface area (Å²) in [6, 6.07) is 1.98. The summed E-state index contributed by atoms with van der Waals surface area (Å²) < 4.78 is 5.72. The molecular weight excluding hydrogens is 216 g/mol. The molecule has 2 rings (SSSR count). The molecule has 2 heterocycles. The van der Waals surface area contributed by atoms with Crippen LogP contribution in [0.15, 0.2) is 6.07 Å². The maximum Gasteiger partial charge on any atom is 0.134 e. The van der Waals surface area contributed by atoms with Crippen LogP contribution in [0, 0.1) is 6.92 Å². The van der Waals surface area contributed by atoms with Crippen molar-refractivity contribution >= 4 is 11.6 Å². The van der Waals surface area contributed by atoms with E-state index in [0.29, 0.717) is 0 Å². The third-order valence-electron chi connectivity index (χ3n) is 2.82. The molecule has 1 fully saturated rings. The molecule has 0 radical (unpaired) electrons. The molecule has 5 nitrogen and oxygen atoms in total. The molecule has 0 amide bonds. The monoisotopic (exact) mass is 236 g/mol. The fraction of sp³-hybridized carbons (Fsp3) is 0.667. The Labute approximate surface area is 102 Å². The van der Waals surface area contributed by atoms with Gasteiger partial charge >= 0.3 is 0 Å². The van der Waals surface area contributed by atoms with Gasteiger partial charge in [0.15, 0.2) is 0 Å². The van der Waals surface area contributed by atoms with Crippen LogP contribution in [0.5, 0.6) is 0 Å². The van der Waals surface area contributed by atoms with E-state index in [1.165, 1.54) is 0 Å². The van der Waals surface area contributed by atoms with E-state index in [4.69, 9.17) is 4.74 Å². The first-order chi connectivity index (χ1) is 8.08. The average molecular weight is 236 g/mol. The van der Waals surface area contributed by atoms with Crippen LogP contribution < -0.4 is 10.2 Å². The van der Waals surface area contributed by atoms with Gasteiger partial charge in [-0.2, -0.15) is 0 Å². The van der Waals surface area contributed by atoms with E-state index < -0.39 is 0 Å². The standard InChI is InChI=1S/C12H20N4O/c1-8-6-16(7-9(2)17-8)12-5-11(13-4)14-10(3)15-12/h5,8-9H,6-7H2,1-4H3,(H,13,14,15)/t8-,9+. The number of anilines is 2. The Hall–Kier alpha value is -1.36. The zero-order chi connectivity index (χ0) is 12.4. The number of nitrogens with one attached hydrogen (secondary N) is 1. The summed E-state index contributed by atoms with van der Waals surface area (Å²) in [6.45, 7) is 7.86. The van der Waals surface area contributed by atoms with Crippen molar-refractivity contribution in [1.82, 2.24) is 9.97 Å². The molecule has 0 bridgehead atoms. The predicted molar refractivity (Wildman–Crippen MR) is 68.5 cm³/mol. The summed E-state index contributed by atoms with van der Waals surface area (Å²) in [6.07, 6.45) is 0.485. The summed E-state index contributed by atoms with van der Waals surface area (Å²) in [7, 11) is 1.87. The smallest absolute Gasteiger partial charge is 0.134 e. The van der Waals surface area contributed by atoms with Gasteiger partial charge in [0.2, 0.25) is 0 Å². The third-order valence-corrected chi connectivity index (χ3v) is 2.82. The Bertz CT molecular complexity index is 386. The molecule has 2 atom stereocenters. The normalized spacial score (nSPS) is 24.8. The van der Waals surface area contributed by atoms with Crippen molar-refractivity contribution < 1.29 is 4.74 Å². The van der Waals surface area contributed by atoms with Crippen LogP contribution in [0.1, 0.15) is 19.7 Å². The Kier molecular flexibility index (Phi) is 3.47. The molecule has 0 aromatic carbocycles. The van der Waals surface area contributed by atoms with Crippen LogP contribution in [0.3, 0.4) is 0 Å². The number of morpholine rings is 1. The molecule has 1 saturated heterocycles. The lowest BCUT2D eigenvalue weighted by Gasteiger charge is -2.36. The van der Waals surface area contributed by atoms with Crippen molar-refractivity contribution in [2.75, 3.05) is 30.4 Å². The summed E-state index contributed by atoms with van der Waals surface area (Å²) in [5, 5.41) is 3.06. The number of aryl methyl sites for hydroxylation is 1. The minimum absolute atomic E-state index is 0.243. The minimum atomic E-state index is 0.243. The predicted octanol–water partition coefficient (Wildman–Crippen LogP) is 1.44. The minimum Gasteiger partial charge on any atom is -0.373 e. The third kappa shape index (κ3) is 2.85. The van der Waals surface area contributed by atoms with Gasteiger partial charge in [0, 0.05) is 26.2 Å². The molecule has 1 aliphatic rings. The molecule has 5 heteroatoms. The van der Waals surface area contributed by atoms with Crippen molar-refractivity contribution in [3.05, 3.63) is 11.9 Å². The maximum absolute atomic E-state index is 5.72. The molecule has 0 aliphatic carbocycles. The van der Waals surface area contributed by atoms with E-state index in [1.54, 1.807) is 0 Å². The van der Waals surface area contributed by atoms with E-state index in [0.717, 1.165) is 30.5 Å². The summed E-state index contributed by atoms with van der Waals surface area (Å²) in [4.78, 5) is 11.1. The topological polar surface area (TPSA) is 50.3 Å². The molecule has 94 valence electrons. The summed E-state index contributed by atoms with van der Waals surface area (Å²) in [5.74, 6) is 2.63. The fourth-order valence-corrected chi connectivity index (χ4v) is 2.21. The van der Waals surface area contributed by atoms with Crippen molar-refractivity contribution in [1.29, 1.82) is 0 Å². The highest BCUT2D eigenvalue weighted by Gasteiger charge is 2.23. The van der Waals surface area contributed by atoms with Crippen LogP contribution >= 0.6 is 0 Å². The van der Waals surface area contributed by atoms with Gasteiger partial charge in [-0.1, -0.05) is 0 Å². The SMILES string of the molecule is CNc1cc(N2C[C@@H](C)O[C@@H](C)C2)nc(C)n1. The van der Waals surface area contributed by atoms with E-state index in [2.05, 4.69) is 34.0 Å². The second-order valence-electron chi connectivity index (χ2n) is 4.57. The van der Waals surface area contributed by atoms with Crippen molar-refractivity contribution in [2.24, 2.45) is 0 Å². The van der Waals surface area contributed by atoms with E-state index in [1.807, 2.05) is 20.0 Å². The first kappa shape index (κ1) is 12.1. The van der Waals surface area contributed by atoms with Crippen molar-refractivity contribution in [2.45, 2.75) is 33.0 Å². The second kappa shape index (κ2) is 4.87. The highest BCUT2D eigenvalue weighted by Crippen LogP contribution is 2.20. The van der Waals surface area contributed by atoms with Crippen LogP contribution in [-0.2, 0) is 4.74 Å². The van der Waals surface area contributed by atoms with Gasteiger partial charge in [-0.05, 0) is 20.8 Å². The van der Waals surface area contributed by atoms with Gasteiger partial charge in [-0.25, -0.2) is 9.97 Å². The molecule has 0 spiro atoms. The Balaban J connectivity index is 2.23.